The predicted octanol–water partition coefficient (Wildman–Crippen LogP) is 5.11. The van der Waals surface area contributed by atoms with Crippen molar-refractivity contribution in [1.29, 1.82) is 0 Å². The van der Waals surface area contributed by atoms with Gasteiger partial charge in [0.15, 0.2) is 0 Å². The molecule has 4 rings (SSSR count). The first-order valence-electron chi connectivity index (χ1n) is 11.0. The van der Waals surface area contributed by atoms with Crippen molar-refractivity contribution < 1.29 is 18.3 Å². The molecule has 1 aliphatic rings. The first-order valence-corrected chi connectivity index (χ1v) is 12.8. The molecule has 178 valence electrons. The fourth-order valence-electron chi connectivity index (χ4n) is 4.80. The molecular formula is C26H27ClN2O4S. The van der Waals surface area contributed by atoms with E-state index >= 15 is 0 Å². The van der Waals surface area contributed by atoms with Gasteiger partial charge in [-0.25, -0.2) is 8.42 Å². The summed E-state index contributed by atoms with van der Waals surface area (Å²) in [7, 11) is -4.11. The van der Waals surface area contributed by atoms with Gasteiger partial charge in [-0.2, -0.15) is 0 Å². The minimum Gasteiger partial charge on any atom is -0.480 e. The molecule has 34 heavy (non-hydrogen) atoms. The Labute approximate surface area is 205 Å². The van der Waals surface area contributed by atoms with E-state index in [1.54, 1.807) is 26.0 Å². The molecule has 0 amide bonds. The van der Waals surface area contributed by atoms with Gasteiger partial charge in [-0.15, -0.1) is 0 Å². The highest BCUT2D eigenvalue weighted by Gasteiger charge is 2.33. The molecule has 0 fully saturated rings. The molecule has 0 unspecified atom stereocenters. The van der Waals surface area contributed by atoms with E-state index in [2.05, 4.69) is 4.90 Å². The standard InChI is InChI=1S/C26H27ClN2O4S/c1-17-13-18(2)26(19(3)14-17)34(32,33)29(16-25(30)31)24-6-4-5-23-22(24)11-12-28(23)15-20-7-9-21(27)10-8-20/h4-10,13-14H,11-12,15-16H2,1-3H3,(H,30,31). The van der Waals surface area contributed by atoms with Crippen molar-refractivity contribution in [2.75, 3.05) is 22.3 Å². The summed E-state index contributed by atoms with van der Waals surface area (Å²) in [6, 6.07) is 16.7. The number of carboxylic acid groups (broad SMARTS) is 1. The highest BCUT2D eigenvalue weighted by atomic mass is 35.5. The lowest BCUT2D eigenvalue weighted by atomic mass is 10.1. The maximum Gasteiger partial charge on any atom is 0.324 e. The second kappa shape index (κ2) is 9.31. The maximum atomic E-state index is 13.9. The number of nitrogens with zero attached hydrogens (tertiary/aromatic N) is 2. The predicted molar refractivity (Wildman–Crippen MR) is 135 cm³/mol. The molecule has 6 nitrogen and oxygen atoms in total. The molecule has 3 aromatic carbocycles. The van der Waals surface area contributed by atoms with Crippen LogP contribution < -0.4 is 9.21 Å². The number of aryl methyl sites for hydroxylation is 3. The minimum atomic E-state index is -4.11. The van der Waals surface area contributed by atoms with Gasteiger partial charge in [-0.3, -0.25) is 9.10 Å². The van der Waals surface area contributed by atoms with Gasteiger partial charge >= 0.3 is 5.97 Å². The fourth-order valence-corrected chi connectivity index (χ4v) is 6.79. The number of benzene rings is 3. The molecule has 1 N–H and O–H groups in total. The highest BCUT2D eigenvalue weighted by Crippen LogP contribution is 2.39. The summed E-state index contributed by atoms with van der Waals surface area (Å²) < 4.78 is 28.8. The van der Waals surface area contributed by atoms with Crippen molar-refractivity contribution in [1.82, 2.24) is 0 Å². The summed E-state index contributed by atoms with van der Waals surface area (Å²) in [4.78, 5) is 14.1. The van der Waals surface area contributed by atoms with Gasteiger partial charge < -0.3 is 10.0 Å². The molecule has 0 atom stereocenters. The lowest BCUT2D eigenvalue weighted by molar-refractivity contribution is -0.135. The van der Waals surface area contributed by atoms with Crippen LogP contribution in [0.25, 0.3) is 0 Å². The second-order valence-electron chi connectivity index (χ2n) is 8.71. The molecule has 0 spiro atoms. The number of hydrogen-bond donors (Lipinski definition) is 1. The third-order valence-corrected chi connectivity index (χ3v) is 8.40. The summed E-state index contributed by atoms with van der Waals surface area (Å²) in [5.41, 5.74) is 5.41. The smallest absolute Gasteiger partial charge is 0.324 e. The van der Waals surface area contributed by atoms with Crippen LogP contribution in [0, 0.1) is 20.8 Å². The van der Waals surface area contributed by atoms with Crippen LogP contribution in [0.2, 0.25) is 5.02 Å². The zero-order valence-electron chi connectivity index (χ0n) is 19.4. The van der Waals surface area contributed by atoms with E-state index in [0.29, 0.717) is 41.3 Å². The van der Waals surface area contributed by atoms with E-state index < -0.39 is 22.5 Å². The van der Waals surface area contributed by atoms with Gasteiger partial charge in [0.25, 0.3) is 10.0 Å². The average molecular weight is 499 g/mol. The maximum absolute atomic E-state index is 13.9. The minimum absolute atomic E-state index is 0.160. The van der Waals surface area contributed by atoms with Crippen LogP contribution in [0.3, 0.4) is 0 Å². The lowest BCUT2D eigenvalue weighted by Crippen LogP contribution is -2.37. The van der Waals surface area contributed by atoms with Gasteiger partial charge in [0.05, 0.1) is 10.6 Å². The number of sulfonamides is 1. The van der Waals surface area contributed by atoms with E-state index in [0.717, 1.165) is 26.7 Å². The normalized spacial score (nSPS) is 13.1. The lowest BCUT2D eigenvalue weighted by Gasteiger charge is -2.27. The van der Waals surface area contributed by atoms with Gasteiger partial charge in [0, 0.05) is 29.4 Å². The molecular weight excluding hydrogens is 472 g/mol. The first-order chi connectivity index (χ1) is 16.1. The quantitative estimate of drug-likeness (QED) is 0.490. The Balaban J connectivity index is 1.78. The van der Waals surface area contributed by atoms with Crippen molar-refractivity contribution in [3.05, 3.63) is 87.4 Å². The van der Waals surface area contributed by atoms with E-state index in [9.17, 15) is 18.3 Å². The van der Waals surface area contributed by atoms with Crippen molar-refractivity contribution in [2.24, 2.45) is 0 Å². The molecule has 0 saturated heterocycles. The van der Waals surface area contributed by atoms with Gasteiger partial charge in [-0.05, 0) is 68.1 Å². The number of aliphatic carboxylic acids is 1. The third-order valence-electron chi connectivity index (χ3n) is 6.09. The van der Waals surface area contributed by atoms with Crippen molar-refractivity contribution in [3.63, 3.8) is 0 Å². The summed E-state index contributed by atoms with van der Waals surface area (Å²) in [6.07, 6.45) is 0.622. The zero-order chi connectivity index (χ0) is 24.6. The molecule has 8 heteroatoms. The third kappa shape index (κ3) is 4.63. The molecule has 1 aliphatic heterocycles. The number of carboxylic acids is 1. The average Bonchev–Trinajstić information content (AvgIpc) is 3.15. The number of anilines is 2. The SMILES string of the molecule is Cc1cc(C)c(S(=O)(=O)N(CC(=O)O)c2cccc3c2CCN3Cc2ccc(Cl)cc2)c(C)c1. The van der Waals surface area contributed by atoms with E-state index in [-0.39, 0.29) is 4.90 Å². The number of carbonyl (C=O) groups is 1. The number of rotatable bonds is 7. The van der Waals surface area contributed by atoms with Gasteiger partial charge in [0.2, 0.25) is 0 Å². The first kappa shape index (κ1) is 24.1. The molecule has 1 heterocycles. The molecule has 0 aliphatic carbocycles. The van der Waals surface area contributed by atoms with E-state index in [4.69, 9.17) is 11.6 Å². The van der Waals surface area contributed by atoms with Crippen molar-refractivity contribution in [3.8, 4) is 0 Å². The van der Waals surface area contributed by atoms with E-state index in [1.807, 2.05) is 49.4 Å². The van der Waals surface area contributed by atoms with Crippen LogP contribution in [0.5, 0.6) is 0 Å². The second-order valence-corrected chi connectivity index (χ2v) is 10.9. The van der Waals surface area contributed by atoms with Crippen molar-refractivity contribution >= 4 is 39.0 Å². The Morgan fingerprint density at radius 1 is 1.06 bits per heavy atom. The molecule has 0 saturated carbocycles. The van der Waals surface area contributed by atoms with Gasteiger partial charge in [0.1, 0.15) is 6.54 Å². The number of halogens is 1. The summed E-state index contributed by atoms with van der Waals surface area (Å²) in [5, 5.41) is 10.3. The van der Waals surface area contributed by atoms with Crippen LogP contribution in [0.1, 0.15) is 27.8 Å². The van der Waals surface area contributed by atoms with Gasteiger partial charge in [-0.1, -0.05) is 47.5 Å². The number of hydrogen-bond acceptors (Lipinski definition) is 4. The van der Waals surface area contributed by atoms with Crippen LogP contribution in [0.4, 0.5) is 11.4 Å². The largest absolute Gasteiger partial charge is 0.480 e. The summed E-state index contributed by atoms with van der Waals surface area (Å²) >= 11 is 6.01. The van der Waals surface area contributed by atoms with Crippen LogP contribution in [-0.2, 0) is 27.8 Å². The topological polar surface area (TPSA) is 77.9 Å². The summed E-state index contributed by atoms with van der Waals surface area (Å²) in [5.74, 6) is -1.21. The fraction of sp³-hybridized carbons (Fsp3) is 0.269. The molecule has 0 aromatic heterocycles. The Kier molecular flexibility index (Phi) is 6.60. The zero-order valence-corrected chi connectivity index (χ0v) is 20.9. The molecule has 0 radical (unpaired) electrons. The monoisotopic (exact) mass is 498 g/mol. The Hall–Kier alpha value is -3.03. The Morgan fingerprint density at radius 3 is 2.32 bits per heavy atom. The van der Waals surface area contributed by atoms with Crippen molar-refractivity contribution in [2.45, 2.75) is 38.6 Å². The molecule has 0 bridgehead atoms. The van der Waals surface area contributed by atoms with E-state index in [1.165, 1.54) is 0 Å². The summed E-state index contributed by atoms with van der Waals surface area (Å²) in [6.45, 7) is 6.10. The van der Waals surface area contributed by atoms with Crippen LogP contribution in [0.15, 0.2) is 59.5 Å². The van der Waals surface area contributed by atoms with Crippen LogP contribution in [-0.4, -0.2) is 32.6 Å². The highest BCUT2D eigenvalue weighted by molar-refractivity contribution is 7.93. The van der Waals surface area contributed by atoms with Crippen LogP contribution >= 0.6 is 11.6 Å². The molecule has 3 aromatic rings. The Morgan fingerprint density at radius 2 is 1.71 bits per heavy atom. The number of fused-ring (bicyclic) bond motifs is 1. The Bertz CT molecular complexity index is 1330.